The van der Waals surface area contributed by atoms with Crippen molar-refractivity contribution in [1.82, 2.24) is 4.72 Å². The first kappa shape index (κ1) is 14.0. The maximum atomic E-state index is 11.9. The minimum atomic E-state index is -4.54. The van der Waals surface area contributed by atoms with Crippen LogP contribution in [-0.4, -0.2) is 21.1 Å². The maximum absolute atomic E-state index is 11.9. The highest BCUT2D eigenvalue weighted by Gasteiger charge is 2.29. The SMILES string of the molecule is Cc1cccc(CS(=O)(=O)NCC(F)(F)F)c1. The fraction of sp³-hybridized carbons (Fsp3) is 0.400. The van der Waals surface area contributed by atoms with Crippen LogP contribution in [0, 0.1) is 6.92 Å². The van der Waals surface area contributed by atoms with Crippen LogP contribution in [-0.2, 0) is 15.8 Å². The minimum Gasteiger partial charge on any atom is -0.212 e. The number of rotatable bonds is 4. The van der Waals surface area contributed by atoms with Crippen LogP contribution in [0.25, 0.3) is 0 Å². The van der Waals surface area contributed by atoms with Crippen molar-refractivity contribution in [2.24, 2.45) is 0 Å². The van der Waals surface area contributed by atoms with Crippen molar-refractivity contribution < 1.29 is 21.6 Å². The number of halogens is 3. The standard InChI is InChI=1S/C10H12F3NO2S/c1-8-3-2-4-9(5-8)6-17(15,16)14-7-10(11,12)13/h2-5,14H,6-7H2,1H3. The molecule has 0 aromatic heterocycles. The molecule has 0 aliphatic rings. The zero-order chi connectivity index (χ0) is 13.1. The van der Waals surface area contributed by atoms with E-state index in [0.717, 1.165) is 5.56 Å². The van der Waals surface area contributed by atoms with E-state index < -0.39 is 28.5 Å². The molecule has 0 amide bonds. The molecule has 3 nitrogen and oxygen atoms in total. The summed E-state index contributed by atoms with van der Waals surface area (Å²) in [6.07, 6.45) is -4.54. The molecule has 0 heterocycles. The van der Waals surface area contributed by atoms with Gasteiger partial charge in [0.05, 0.1) is 5.75 Å². The summed E-state index contributed by atoms with van der Waals surface area (Å²) in [4.78, 5) is 0. The van der Waals surface area contributed by atoms with Crippen molar-refractivity contribution in [1.29, 1.82) is 0 Å². The summed E-state index contributed by atoms with van der Waals surface area (Å²) < 4.78 is 59.8. The Balaban J connectivity index is 2.67. The molecule has 0 spiro atoms. The number of nitrogens with one attached hydrogen (secondary N) is 1. The van der Waals surface area contributed by atoms with Gasteiger partial charge in [-0.15, -0.1) is 0 Å². The third kappa shape index (κ3) is 5.69. The fourth-order valence-corrected chi connectivity index (χ4v) is 2.37. The lowest BCUT2D eigenvalue weighted by Crippen LogP contribution is -2.34. The van der Waals surface area contributed by atoms with Gasteiger partial charge in [0, 0.05) is 0 Å². The smallest absolute Gasteiger partial charge is 0.212 e. The molecular weight excluding hydrogens is 255 g/mol. The van der Waals surface area contributed by atoms with Crippen molar-refractivity contribution in [3.05, 3.63) is 35.4 Å². The molecule has 0 aliphatic heterocycles. The molecule has 0 unspecified atom stereocenters. The first-order valence-corrected chi connectivity index (χ1v) is 6.43. The third-order valence-corrected chi connectivity index (χ3v) is 3.23. The predicted octanol–water partition coefficient (Wildman–Crippen LogP) is 1.98. The summed E-state index contributed by atoms with van der Waals surface area (Å²) in [7, 11) is -3.95. The quantitative estimate of drug-likeness (QED) is 0.906. The normalized spacial score (nSPS) is 12.7. The molecule has 1 rings (SSSR count). The lowest BCUT2D eigenvalue weighted by atomic mass is 10.2. The second kappa shape index (κ2) is 5.05. The number of alkyl halides is 3. The molecule has 17 heavy (non-hydrogen) atoms. The summed E-state index contributed by atoms with van der Waals surface area (Å²) in [6.45, 7) is 0.237. The van der Waals surface area contributed by atoms with Gasteiger partial charge in [0.25, 0.3) is 0 Å². The molecule has 1 aromatic rings. The van der Waals surface area contributed by atoms with Gasteiger partial charge in [-0.1, -0.05) is 29.8 Å². The Morgan fingerprint density at radius 3 is 2.47 bits per heavy atom. The molecule has 0 saturated heterocycles. The molecule has 0 atom stereocenters. The highest BCUT2D eigenvalue weighted by atomic mass is 32.2. The van der Waals surface area contributed by atoms with Crippen molar-refractivity contribution in [2.75, 3.05) is 6.54 Å². The van der Waals surface area contributed by atoms with Gasteiger partial charge in [-0.3, -0.25) is 0 Å². The van der Waals surface area contributed by atoms with E-state index in [2.05, 4.69) is 0 Å². The summed E-state index contributed by atoms with van der Waals surface area (Å²) in [6, 6.07) is 6.61. The highest BCUT2D eigenvalue weighted by Crippen LogP contribution is 2.14. The van der Waals surface area contributed by atoms with Crippen LogP contribution in [0.15, 0.2) is 24.3 Å². The van der Waals surface area contributed by atoms with Gasteiger partial charge in [-0.05, 0) is 12.5 Å². The lowest BCUT2D eigenvalue weighted by Gasteiger charge is -2.09. The van der Waals surface area contributed by atoms with Gasteiger partial charge < -0.3 is 0 Å². The Morgan fingerprint density at radius 1 is 1.29 bits per heavy atom. The minimum absolute atomic E-state index is 0.454. The zero-order valence-corrected chi connectivity index (χ0v) is 9.90. The average molecular weight is 267 g/mol. The van der Waals surface area contributed by atoms with Crippen molar-refractivity contribution in [3.63, 3.8) is 0 Å². The van der Waals surface area contributed by atoms with Crippen LogP contribution >= 0.6 is 0 Å². The Bertz CT molecular complexity index is 483. The topological polar surface area (TPSA) is 46.2 Å². The van der Waals surface area contributed by atoms with E-state index in [1.807, 2.05) is 0 Å². The molecular formula is C10H12F3NO2S. The molecule has 0 saturated carbocycles. The number of benzene rings is 1. The number of hydrogen-bond donors (Lipinski definition) is 1. The number of hydrogen-bond acceptors (Lipinski definition) is 2. The van der Waals surface area contributed by atoms with Crippen LogP contribution < -0.4 is 4.72 Å². The van der Waals surface area contributed by atoms with Gasteiger partial charge in [0.1, 0.15) is 6.54 Å². The van der Waals surface area contributed by atoms with E-state index in [-0.39, 0.29) is 0 Å². The Kier molecular flexibility index (Phi) is 4.16. The Labute approximate surface area is 97.7 Å². The Hall–Kier alpha value is -1.08. The maximum Gasteiger partial charge on any atom is 0.402 e. The van der Waals surface area contributed by atoms with E-state index in [4.69, 9.17) is 0 Å². The zero-order valence-electron chi connectivity index (χ0n) is 9.08. The molecule has 1 aromatic carbocycles. The molecule has 0 fully saturated rings. The van der Waals surface area contributed by atoms with Gasteiger partial charge in [0.2, 0.25) is 10.0 Å². The van der Waals surface area contributed by atoms with Crippen LogP contribution in [0.3, 0.4) is 0 Å². The molecule has 0 aliphatic carbocycles. The van der Waals surface area contributed by atoms with Gasteiger partial charge >= 0.3 is 6.18 Å². The lowest BCUT2D eigenvalue weighted by molar-refractivity contribution is -0.121. The van der Waals surface area contributed by atoms with Gasteiger partial charge in [-0.25, -0.2) is 13.1 Å². The van der Waals surface area contributed by atoms with Crippen molar-refractivity contribution in [2.45, 2.75) is 18.9 Å². The second-order valence-corrected chi connectivity index (χ2v) is 5.49. The van der Waals surface area contributed by atoms with E-state index >= 15 is 0 Å². The monoisotopic (exact) mass is 267 g/mol. The molecule has 0 bridgehead atoms. The van der Waals surface area contributed by atoms with Crippen LogP contribution in [0.2, 0.25) is 0 Å². The Morgan fingerprint density at radius 2 is 1.94 bits per heavy atom. The van der Waals surface area contributed by atoms with E-state index in [0.29, 0.717) is 5.56 Å². The molecule has 1 N–H and O–H groups in total. The number of sulfonamides is 1. The first-order chi connectivity index (χ1) is 7.68. The van der Waals surface area contributed by atoms with Crippen molar-refractivity contribution in [3.8, 4) is 0 Å². The summed E-state index contributed by atoms with van der Waals surface area (Å²) in [5, 5.41) is 0. The van der Waals surface area contributed by atoms with Gasteiger partial charge in [0.15, 0.2) is 0 Å². The van der Waals surface area contributed by atoms with E-state index in [1.54, 1.807) is 31.2 Å². The highest BCUT2D eigenvalue weighted by molar-refractivity contribution is 7.88. The molecule has 7 heteroatoms. The largest absolute Gasteiger partial charge is 0.402 e. The van der Waals surface area contributed by atoms with E-state index in [1.165, 1.54) is 4.72 Å². The molecule has 96 valence electrons. The summed E-state index contributed by atoms with van der Waals surface area (Å²) in [5.74, 6) is -0.454. The van der Waals surface area contributed by atoms with Gasteiger partial charge in [-0.2, -0.15) is 13.2 Å². The average Bonchev–Trinajstić information content (AvgIpc) is 2.13. The summed E-state index contributed by atoms with van der Waals surface area (Å²) in [5.41, 5.74) is 1.31. The second-order valence-electron chi connectivity index (χ2n) is 3.68. The molecule has 0 radical (unpaired) electrons. The van der Waals surface area contributed by atoms with Crippen molar-refractivity contribution >= 4 is 10.0 Å². The van der Waals surface area contributed by atoms with E-state index in [9.17, 15) is 21.6 Å². The number of aryl methyl sites for hydroxylation is 1. The first-order valence-electron chi connectivity index (χ1n) is 4.78. The predicted molar refractivity (Wildman–Crippen MR) is 57.9 cm³/mol. The summed E-state index contributed by atoms with van der Waals surface area (Å²) >= 11 is 0. The van der Waals surface area contributed by atoms with Crippen LogP contribution in [0.4, 0.5) is 13.2 Å². The third-order valence-electron chi connectivity index (χ3n) is 1.93. The van der Waals surface area contributed by atoms with Crippen LogP contribution in [0.1, 0.15) is 11.1 Å². The van der Waals surface area contributed by atoms with Crippen LogP contribution in [0.5, 0.6) is 0 Å². The fourth-order valence-electron chi connectivity index (χ4n) is 1.26.